The summed E-state index contributed by atoms with van der Waals surface area (Å²) < 4.78 is 0. The SMILES string of the molecule is CN1Cc2ccccc2C(c2c[nH]c3ccccc23)C1. The largest absolute Gasteiger partial charge is 0.361 e. The van der Waals surface area contributed by atoms with Crippen molar-refractivity contribution in [1.29, 1.82) is 0 Å². The summed E-state index contributed by atoms with van der Waals surface area (Å²) in [6, 6.07) is 17.4. The van der Waals surface area contributed by atoms with Crippen LogP contribution in [0.1, 0.15) is 22.6 Å². The van der Waals surface area contributed by atoms with Crippen LogP contribution in [0.15, 0.2) is 54.7 Å². The van der Waals surface area contributed by atoms with Crippen molar-refractivity contribution in [3.8, 4) is 0 Å². The smallest absolute Gasteiger partial charge is 0.0457 e. The third kappa shape index (κ3) is 1.76. The van der Waals surface area contributed by atoms with Crippen molar-refractivity contribution in [2.45, 2.75) is 12.5 Å². The maximum absolute atomic E-state index is 3.41. The van der Waals surface area contributed by atoms with Gasteiger partial charge in [0.2, 0.25) is 0 Å². The Balaban J connectivity index is 1.90. The summed E-state index contributed by atoms with van der Waals surface area (Å²) in [7, 11) is 2.21. The first-order valence-corrected chi connectivity index (χ1v) is 7.15. The summed E-state index contributed by atoms with van der Waals surface area (Å²) >= 11 is 0. The average molecular weight is 262 g/mol. The van der Waals surface area contributed by atoms with E-state index in [2.05, 4.69) is 71.7 Å². The van der Waals surface area contributed by atoms with Gasteiger partial charge in [-0.25, -0.2) is 0 Å². The third-order valence-electron chi connectivity index (χ3n) is 4.36. The van der Waals surface area contributed by atoms with Crippen LogP contribution in [0.3, 0.4) is 0 Å². The lowest BCUT2D eigenvalue weighted by Gasteiger charge is -2.32. The van der Waals surface area contributed by atoms with Gasteiger partial charge in [-0.1, -0.05) is 42.5 Å². The highest BCUT2D eigenvalue weighted by Gasteiger charge is 2.26. The molecule has 1 aliphatic rings. The summed E-state index contributed by atoms with van der Waals surface area (Å²) in [5.41, 5.74) is 5.58. The molecule has 2 heterocycles. The van der Waals surface area contributed by atoms with Crippen LogP contribution < -0.4 is 0 Å². The van der Waals surface area contributed by atoms with Gasteiger partial charge in [0.1, 0.15) is 0 Å². The second kappa shape index (κ2) is 4.50. The zero-order valence-corrected chi connectivity index (χ0v) is 11.6. The molecule has 3 aromatic rings. The molecule has 100 valence electrons. The number of nitrogens with one attached hydrogen (secondary N) is 1. The van der Waals surface area contributed by atoms with E-state index in [0.717, 1.165) is 13.1 Å². The average Bonchev–Trinajstić information content (AvgIpc) is 2.90. The molecule has 1 aliphatic heterocycles. The van der Waals surface area contributed by atoms with Crippen LogP contribution in [0.2, 0.25) is 0 Å². The molecule has 0 spiro atoms. The van der Waals surface area contributed by atoms with Crippen molar-refractivity contribution in [3.05, 3.63) is 71.4 Å². The number of hydrogen-bond acceptors (Lipinski definition) is 1. The number of rotatable bonds is 1. The van der Waals surface area contributed by atoms with Crippen molar-refractivity contribution < 1.29 is 0 Å². The van der Waals surface area contributed by atoms with Crippen LogP contribution >= 0.6 is 0 Å². The van der Waals surface area contributed by atoms with E-state index in [1.807, 2.05) is 0 Å². The molecule has 2 aromatic carbocycles. The second-order valence-corrected chi connectivity index (χ2v) is 5.74. The fraction of sp³-hybridized carbons (Fsp3) is 0.222. The molecular weight excluding hydrogens is 244 g/mol. The van der Waals surface area contributed by atoms with Crippen LogP contribution in [0.5, 0.6) is 0 Å². The van der Waals surface area contributed by atoms with Crippen LogP contribution in [-0.2, 0) is 6.54 Å². The molecule has 0 saturated carbocycles. The Bertz CT molecular complexity index is 757. The molecule has 0 fully saturated rings. The number of hydrogen-bond donors (Lipinski definition) is 1. The summed E-state index contributed by atoms with van der Waals surface area (Å²) in [6.45, 7) is 2.13. The summed E-state index contributed by atoms with van der Waals surface area (Å²) in [6.07, 6.45) is 2.19. The van der Waals surface area contributed by atoms with E-state index in [-0.39, 0.29) is 0 Å². The molecular formula is C18H18N2. The molecule has 1 N–H and O–H groups in total. The van der Waals surface area contributed by atoms with E-state index >= 15 is 0 Å². The van der Waals surface area contributed by atoms with E-state index in [0.29, 0.717) is 5.92 Å². The highest BCUT2D eigenvalue weighted by molar-refractivity contribution is 5.84. The molecule has 0 amide bonds. The van der Waals surface area contributed by atoms with Crippen molar-refractivity contribution in [2.24, 2.45) is 0 Å². The molecule has 1 unspecified atom stereocenters. The highest BCUT2D eigenvalue weighted by Crippen LogP contribution is 2.36. The van der Waals surface area contributed by atoms with Crippen LogP contribution in [0, 0.1) is 0 Å². The molecule has 1 aromatic heterocycles. The number of benzene rings is 2. The van der Waals surface area contributed by atoms with E-state index in [4.69, 9.17) is 0 Å². The molecule has 2 nitrogen and oxygen atoms in total. The zero-order valence-electron chi connectivity index (χ0n) is 11.6. The number of H-pyrrole nitrogens is 1. The van der Waals surface area contributed by atoms with E-state index in [1.54, 1.807) is 0 Å². The Kier molecular flexibility index (Phi) is 2.64. The van der Waals surface area contributed by atoms with Crippen molar-refractivity contribution in [2.75, 3.05) is 13.6 Å². The fourth-order valence-electron chi connectivity index (χ4n) is 3.43. The van der Waals surface area contributed by atoms with Gasteiger partial charge in [0.15, 0.2) is 0 Å². The minimum absolute atomic E-state index is 0.459. The van der Waals surface area contributed by atoms with Gasteiger partial charge in [-0.05, 0) is 29.8 Å². The first kappa shape index (κ1) is 11.7. The fourth-order valence-corrected chi connectivity index (χ4v) is 3.43. The van der Waals surface area contributed by atoms with Gasteiger partial charge in [0.25, 0.3) is 0 Å². The molecule has 0 aliphatic carbocycles. The van der Waals surface area contributed by atoms with Crippen LogP contribution in [-0.4, -0.2) is 23.5 Å². The van der Waals surface area contributed by atoms with Crippen LogP contribution in [0.25, 0.3) is 10.9 Å². The minimum Gasteiger partial charge on any atom is -0.361 e. The van der Waals surface area contributed by atoms with Gasteiger partial charge in [0.05, 0.1) is 0 Å². The lowest BCUT2D eigenvalue weighted by molar-refractivity contribution is 0.296. The minimum atomic E-state index is 0.459. The van der Waals surface area contributed by atoms with Crippen molar-refractivity contribution >= 4 is 10.9 Å². The topological polar surface area (TPSA) is 19.0 Å². The Hall–Kier alpha value is -2.06. The van der Waals surface area contributed by atoms with Crippen molar-refractivity contribution in [1.82, 2.24) is 9.88 Å². The molecule has 4 rings (SSSR count). The molecule has 0 saturated heterocycles. The first-order chi connectivity index (χ1) is 9.83. The molecule has 0 radical (unpaired) electrons. The van der Waals surface area contributed by atoms with Gasteiger partial charge in [-0.15, -0.1) is 0 Å². The normalized spacial score (nSPS) is 19.1. The second-order valence-electron chi connectivity index (χ2n) is 5.74. The van der Waals surface area contributed by atoms with Gasteiger partial charge >= 0.3 is 0 Å². The predicted molar refractivity (Wildman–Crippen MR) is 82.9 cm³/mol. The van der Waals surface area contributed by atoms with Crippen molar-refractivity contribution in [3.63, 3.8) is 0 Å². The Morgan fingerprint density at radius 2 is 1.80 bits per heavy atom. The van der Waals surface area contributed by atoms with Gasteiger partial charge in [-0.3, -0.25) is 0 Å². The Morgan fingerprint density at radius 3 is 2.75 bits per heavy atom. The maximum atomic E-state index is 3.41. The van der Waals surface area contributed by atoms with Gasteiger partial charge in [-0.2, -0.15) is 0 Å². The van der Waals surface area contributed by atoms with Gasteiger partial charge < -0.3 is 9.88 Å². The number of aromatic amines is 1. The number of likely N-dealkylation sites (N-methyl/N-ethyl adjacent to an activating group) is 1. The lowest BCUT2D eigenvalue weighted by atomic mass is 9.85. The summed E-state index contributed by atoms with van der Waals surface area (Å²) in [4.78, 5) is 5.82. The summed E-state index contributed by atoms with van der Waals surface area (Å²) in [5, 5.41) is 1.35. The van der Waals surface area contributed by atoms with Gasteiger partial charge in [0, 0.05) is 36.1 Å². The molecule has 20 heavy (non-hydrogen) atoms. The van der Waals surface area contributed by atoms with E-state index in [9.17, 15) is 0 Å². The van der Waals surface area contributed by atoms with Crippen LogP contribution in [0.4, 0.5) is 0 Å². The van der Waals surface area contributed by atoms with E-state index in [1.165, 1.54) is 27.6 Å². The standard InChI is InChI=1S/C18H18N2/c1-20-11-13-6-2-3-7-14(13)17(12-20)16-10-19-18-9-5-4-8-15(16)18/h2-10,17,19H,11-12H2,1H3. The highest BCUT2D eigenvalue weighted by atomic mass is 15.1. The maximum Gasteiger partial charge on any atom is 0.0457 e. The lowest BCUT2D eigenvalue weighted by Crippen LogP contribution is -2.30. The molecule has 2 heteroatoms. The number of para-hydroxylation sites is 1. The zero-order chi connectivity index (χ0) is 13.5. The predicted octanol–water partition coefficient (Wildman–Crippen LogP) is 3.75. The number of aromatic nitrogens is 1. The van der Waals surface area contributed by atoms with E-state index < -0.39 is 0 Å². The Labute approximate surface area is 119 Å². The first-order valence-electron chi connectivity index (χ1n) is 7.15. The number of nitrogens with zero attached hydrogens (tertiary/aromatic N) is 1. The molecule has 0 bridgehead atoms. The summed E-state index contributed by atoms with van der Waals surface area (Å²) in [5.74, 6) is 0.459. The molecule has 1 atom stereocenters. The third-order valence-corrected chi connectivity index (χ3v) is 4.36. The quantitative estimate of drug-likeness (QED) is 0.707. The number of fused-ring (bicyclic) bond motifs is 2. The monoisotopic (exact) mass is 262 g/mol. The Morgan fingerprint density at radius 1 is 1.00 bits per heavy atom.